The summed E-state index contributed by atoms with van der Waals surface area (Å²) in [7, 11) is 1.69. The molecule has 0 fully saturated rings. The molecule has 1 aromatic carbocycles. The van der Waals surface area contributed by atoms with Crippen molar-refractivity contribution < 1.29 is 4.79 Å². The number of hydrogen-bond acceptors (Lipinski definition) is 2. The molecule has 0 heterocycles. The second-order valence-electron chi connectivity index (χ2n) is 3.21. The van der Waals surface area contributed by atoms with Crippen LogP contribution in [0.3, 0.4) is 0 Å². The van der Waals surface area contributed by atoms with Gasteiger partial charge in [0.05, 0.1) is 11.4 Å². The van der Waals surface area contributed by atoms with Crippen LogP contribution in [-0.2, 0) is 4.79 Å². The zero-order chi connectivity index (χ0) is 10.0. The summed E-state index contributed by atoms with van der Waals surface area (Å²) >= 11 is 0. The summed E-state index contributed by atoms with van der Waals surface area (Å²) in [4.78, 5) is 12.0. The molecule has 0 radical (unpaired) electrons. The Morgan fingerprint density at radius 3 is 2.38 bits per heavy atom. The molecule has 0 aliphatic heterocycles. The van der Waals surface area contributed by atoms with Crippen molar-refractivity contribution in [2.75, 3.05) is 17.7 Å². The lowest BCUT2D eigenvalue weighted by atomic mass is 10.1. The predicted octanol–water partition coefficient (Wildman–Crippen LogP) is 1.48. The number of nitrogens with two attached hydrogens (primary N) is 1. The second-order valence-corrected chi connectivity index (χ2v) is 3.21. The molecule has 0 saturated heterocycles. The van der Waals surface area contributed by atoms with Crippen molar-refractivity contribution in [1.82, 2.24) is 0 Å². The van der Waals surface area contributed by atoms with Gasteiger partial charge in [0, 0.05) is 7.05 Å². The van der Waals surface area contributed by atoms with Gasteiger partial charge in [-0.2, -0.15) is 0 Å². The summed E-state index contributed by atoms with van der Waals surface area (Å²) in [6.45, 7) is 3.99. The molecule has 3 nitrogen and oxygen atoms in total. The first-order valence-electron chi connectivity index (χ1n) is 4.11. The molecule has 1 rings (SSSR count). The van der Waals surface area contributed by atoms with Crippen LogP contribution in [0.4, 0.5) is 11.4 Å². The summed E-state index contributed by atoms with van der Waals surface area (Å²) in [5, 5.41) is 0. The van der Waals surface area contributed by atoms with E-state index in [2.05, 4.69) is 0 Å². The third kappa shape index (κ3) is 1.80. The van der Waals surface area contributed by atoms with Gasteiger partial charge in [-0.1, -0.05) is 0 Å². The Morgan fingerprint density at radius 1 is 1.31 bits per heavy atom. The first-order chi connectivity index (χ1) is 6.06. The van der Waals surface area contributed by atoms with E-state index in [1.54, 1.807) is 7.05 Å². The largest absolute Gasteiger partial charge is 0.397 e. The zero-order valence-electron chi connectivity index (χ0n) is 8.16. The van der Waals surface area contributed by atoms with Crippen LogP contribution in [0.2, 0.25) is 0 Å². The second kappa shape index (κ2) is 3.47. The van der Waals surface area contributed by atoms with Crippen LogP contribution in [0.5, 0.6) is 0 Å². The lowest BCUT2D eigenvalue weighted by Gasteiger charge is -2.15. The summed E-state index contributed by atoms with van der Waals surface area (Å²) in [6, 6.07) is 3.80. The Labute approximate surface area is 78.2 Å². The van der Waals surface area contributed by atoms with Gasteiger partial charge < -0.3 is 10.6 Å². The van der Waals surface area contributed by atoms with Crippen LogP contribution in [0.15, 0.2) is 12.1 Å². The van der Waals surface area contributed by atoms with Crippen molar-refractivity contribution in [3.63, 3.8) is 0 Å². The minimum absolute atomic E-state index is 0.637. The van der Waals surface area contributed by atoms with Gasteiger partial charge in [0.25, 0.3) is 0 Å². The molecular weight excluding hydrogens is 164 g/mol. The van der Waals surface area contributed by atoms with Gasteiger partial charge in [-0.25, -0.2) is 0 Å². The van der Waals surface area contributed by atoms with E-state index in [0.717, 1.165) is 23.2 Å². The highest BCUT2D eigenvalue weighted by atomic mass is 16.1. The number of nitrogen functional groups attached to an aromatic ring is 1. The van der Waals surface area contributed by atoms with E-state index in [1.165, 1.54) is 4.90 Å². The highest BCUT2D eigenvalue weighted by molar-refractivity contribution is 5.82. The maximum atomic E-state index is 10.5. The molecule has 70 valence electrons. The molecule has 0 aliphatic rings. The molecule has 2 N–H and O–H groups in total. The number of amides is 1. The van der Waals surface area contributed by atoms with Crippen molar-refractivity contribution in [3.8, 4) is 0 Å². The van der Waals surface area contributed by atoms with Gasteiger partial charge in [-0.15, -0.1) is 0 Å². The van der Waals surface area contributed by atoms with E-state index in [1.807, 2.05) is 26.0 Å². The highest BCUT2D eigenvalue weighted by Crippen LogP contribution is 2.24. The molecule has 0 saturated carbocycles. The maximum Gasteiger partial charge on any atom is 0.213 e. The molecular formula is C10H14N2O. The average molecular weight is 178 g/mol. The van der Waals surface area contributed by atoms with E-state index in [4.69, 9.17) is 5.73 Å². The van der Waals surface area contributed by atoms with Gasteiger partial charge in [-0.05, 0) is 37.1 Å². The number of carbonyl (C=O) groups excluding carboxylic acids is 1. The first-order valence-corrected chi connectivity index (χ1v) is 4.11. The summed E-state index contributed by atoms with van der Waals surface area (Å²) in [5.41, 5.74) is 9.44. The van der Waals surface area contributed by atoms with Crippen LogP contribution in [0, 0.1) is 13.8 Å². The SMILES string of the molecule is Cc1cc(N)c(N(C)C=O)cc1C. The van der Waals surface area contributed by atoms with E-state index in [9.17, 15) is 4.79 Å². The highest BCUT2D eigenvalue weighted by Gasteiger charge is 2.05. The lowest BCUT2D eigenvalue weighted by molar-refractivity contribution is -0.107. The fraction of sp³-hybridized carbons (Fsp3) is 0.300. The van der Waals surface area contributed by atoms with E-state index in [-0.39, 0.29) is 0 Å². The van der Waals surface area contributed by atoms with Crippen LogP contribution in [-0.4, -0.2) is 13.5 Å². The van der Waals surface area contributed by atoms with Crippen molar-refractivity contribution >= 4 is 17.8 Å². The first kappa shape index (κ1) is 9.58. The average Bonchev–Trinajstić information content (AvgIpc) is 2.10. The van der Waals surface area contributed by atoms with Crippen molar-refractivity contribution in [2.45, 2.75) is 13.8 Å². The third-order valence-electron chi connectivity index (χ3n) is 2.18. The molecule has 0 aliphatic carbocycles. The van der Waals surface area contributed by atoms with Gasteiger partial charge in [0.2, 0.25) is 6.41 Å². The normalized spacial score (nSPS) is 9.77. The maximum absolute atomic E-state index is 10.5. The third-order valence-corrected chi connectivity index (χ3v) is 2.18. The molecule has 1 amide bonds. The van der Waals surface area contributed by atoms with E-state index < -0.39 is 0 Å². The monoisotopic (exact) mass is 178 g/mol. The number of aryl methyl sites for hydroxylation is 2. The molecule has 0 atom stereocenters. The number of anilines is 2. The van der Waals surface area contributed by atoms with E-state index >= 15 is 0 Å². The Kier molecular flexibility index (Phi) is 2.56. The van der Waals surface area contributed by atoms with Gasteiger partial charge >= 0.3 is 0 Å². The van der Waals surface area contributed by atoms with Gasteiger partial charge in [-0.3, -0.25) is 4.79 Å². The zero-order valence-corrected chi connectivity index (χ0v) is 8.16. The van der Waals surface area contributed by atoms with Gasteiger partial charge in [0.15, 0.2) is 0 Å². The number of rotatable bonds is 2. The van der Waals surface area contributed by atoms with Crippen molar-refractivity contribution in [2.24, 2.45) is 0 Å². The summed E-state index contributed by atoms with van der Waals surface area (Å²) < 4.78 is 0. The number of carbonyl (C=O) groups is 1. The Balaban J connectivity index is 3.22. The Hall–Kier alpha value is -1.51. The van der Waals surface area contributed by atoms with Crippen molar-refractivity contribution in [3.05, 3.63) is 23.3 Å². The molecule has 13 heavy (non-hydrogen) atoms. The lowest BCUT2D eigenvalue weighted by Crippen LogP contribution is -2.15. The number of benzene rings is 1. The molecule has 0 spiro atoms. The van der Waals surface area contributed by atoms with Gasteiger partial charge in [0.1, 0.15) is 0 Å². The Bertz CT molecular complexity index is 334. The quantitative estimate of drug-likeness (QED) is 0.550. The Morgan fingerprint density at radius 2 is 1.85 bits per heavy atom. The van der Waals surface area contributed by atoms with Crippen LogP contribution in [0.25, 0.3) is 0 Å². The fourth-order valence-corrected chi connectivity index (χ4v) is 1.19. The molecule has 1 aromatic rings. The minimum Gasteiger partial charge on any atom is -0.397 e. The van der Waals surface area contributed by atoms with Crippen LogP contribution >= 0.6 is 0 Å². The molecule has 3 heteroatoms. The molecule has 0 bridgehead atoms. The fourth-order valence-electron chi connectivity index (χ4n) is 1.19. The summed E-state index contributed by atoms with van der Waals surface area (Å²) in [6.07, 6.45) is 0.750. The van der Waals surface area contributed by atoms with E-state index in [0.29, 0.717) is 5.69 Å². The minimum atomic E-state index is 0.637. The predicted molar refractivity (Wildman–Crippen MR) is 54.8 cm³/mol. The smallest absolute Gasteiger partial charge is 0.213 e. The van der Waals surface area contributed by atoms with Crippen LogP contribution in [0.1, 0.15) is 11.1 Å². The topological polar surface area (TPSA) is 46.3 Å². The standard InChI is InChI=1S/C10H14N2O/c1-7-4-9(11)10(5-8(7)2)12(3)6-13/h4-6H,11H2,1-3H3. The number of hydrogen-bond donors (Lipinski definition) is 1. The van der Waals surface area contributed by atoms with Crippen molar-refractivity contribution in [1.29, 1.82) is 0 Å². The number of nitrogens with zero attached hydrogens (tertiary/aromatic N) is 1. The molecule has 0 unspecified atom stereocenters. The van der Waals surface area contributed by atoms with Crippen LogP contribution < -0.4 is 10.6 Å². The summed E-state index contributed by atoms with van der Waals surface area (Å²) in [5.74, 6) is 0. The molecule has 0 aromatic heterocycles.